The van der Waals surface area contributed by atoms with Crippen LogP contribution in [0.4, 0.5) is 4.39 Å². The highest BCUT2D eigenvalue weighted by atomic mass is 19.1. The molecule has 0 fully saturated rings. The molecule has 0 unspecified atom stereocenters. The van der Waals surface area contributed by atoms with Crippen LogP contribution in [0.25, 0.3) is 16.9 Å². The molecule has 25 heavy (non-hydrogen) atoms. The first-order valence-electron chi connectivity index (χ1n) is 7.63. The Bertz CT molecular complexity index is 1050. The summed E-state index contributed by atoms with van der Waals surface area (Å²) < 4.78 is 20.2. The number of ether oxygens (including phenoxy) is 1. The lowest BCUT2D eigenvalue weighted by molar-refractivity contribution is 0.0533. The van der Waals surface area contributed by atoms with Crippen LogP contribution in [0.15, 0.2) is 42.7 Å². The van der Waals surface area contributed by atoms with Gasteiger partial charge in [-0.25, -0.2) is 9.18 Å². The Morgan fingerprint density at radius 3 is 2.76 bits per heavy atom. The quantitative estimate of drug-likeness (QED) is 0.673. The number of esters is 1. The lowest BCUT2D eigenvalue weighted by atomic mass is 10.1. The van der Waals surface area contributed by atoms with Crippen molar-refractivity contribution in [2.24, 2.45) is 0 Å². The zero-order valence-electron chi connectivity index (χ0n) is 13.3. The molecule has 1 aliphatic heterocycles. The minimum atomic E-state index is -0.437. The van der Waals surface area contributed by atoms with Crippen molar-refractivity contribution in [2.75, 3.05) is 0 Å². The summed E-state index contributed by atoms with van der Waals surface area (Å²) in [5.74, 6) is -0.793. The van der Waals surface area contributed by atoms with E-state index in [0.717, 1.165) is 5.56 Å². The summed E-state index contributed by atoms with van der Waals surface area (Å²) in [6, 6.07) is 9.81. The van der Waals surface area contributed by atoms with Gasteiger partial charge in [-0.3, -0.25) is 4.98 Å². The number of carbonyl (C=O) groups excluding carboxylic acids is 1. The second-order valence-corrected chi connectivity index (χ2v) is 5.75. The number of carbonyl (C=O) groups is 1. The Morgan fingerprint density at radius 2 is 2.04 bits per heavy atom. The van der Waals surface area contributed by atoms with Gasteiger partial charge in [-0.2, -0.15) is 5.26 Å². The fraction of sp³-hybridized carbons (Fsp3) is 0.105. The number of halogens is 1. The number of pyridine rings is 1. The first-order chi connectivity index (χ1) is 12.1. The molecule has 0 radical (unpaired) electrons. The summed E-state index contributed by atoms with van der Waals surface area (Å²) in [5, 5.41) is 9.58. The predicted molar refractivity (Wildman–Crippen MR) is 87.5 cm³/mol. The molecular formula is C19H12FN3O2. The van der Waals surface area contributed by atoms with Crippen LogP contribution in [0.1, 0.15) is 27.2 Å². The van der Waals surface area contributed by atoms with E-state index in [0.29, 0.717) is 33.8 Å². The van der Waals surface area contributed by atoms with Gasteiger partial charge >= 0.3 is 5.97 Å². The molecule has 0 bridgehead atoms. The van der Waals surface area contributed by atoms with E-state index >= 15 is 0 Å². The summed E-state index contributed by atoms with van der Waals surface area (Å²) in [6.07, 6.45) is 3.39. The molecule has 0 atom stereocenters. The fourth-order valence-corrected chi connectivity index (χ4v) is 3.08. The molecular weight excluding hydrogens is 321 g/mol. The first kappa shape index (κ1) is 15.1. The third kappa shape index (κ3) is 2.29. The molecule has 0 amide bonds. The first-order valence-corrected chi connectivity index (χ1v) is 7.63. The molecule has 0 spiro atoms. The Kier molecular flexibility index (Phi) is 3.36. The SMILES string of the molecule is Cc1cn(-c2ccnc3c2C(=O)OC3)c(-c2ccc(F)cc2)c1C#N. The summed E-state index contributed by atoms with van der Waals surface area (Å²) in [6.45, 7) is 1.96. The second-order valence-electron chi connectivity index (χ2n) is 5.75. The van der Waals surface area contributed by atoms with E-state index in [1.165, 1.54) is 12.1 Å². The highest BCUT2D eigenvalue weighted by Crippen LogP contribution is 2.33. The minimum absolute atomic E-state index is 0.138. The lowest BCUT2D eigenvalue weighted by Gasteiger charge is -2.12. The number of benzene rings is 1. The molecule has 0 N–H and O–H groups in total. The highest BCUT2D eigenvalue weighted by molar-refractivity contribution is 5.97. The van der Waals surface area contributed by atoms with E-state index in [-0.39, 0.29) is 12.4 Å². The van der Waals surface area contributed by atoms with E-state index < -0.39 is 5.97 Å². The fourth-order valence-electron chi connectivity index (χ4n) is 3.08. The van der Waals surface area contributed by atoms with Crippen LogP contribution in [-0.4, -0.2) is 15.5 Å². The van der Waals surface area contributed by atoms with Crippen molar-refractivity contribution in [3.05, 3.63) is 70.9 Å². The van der Waals surface area contributed by atoms with Crippen molar-refractivity contribution < 1.29 is 13.9 Å². The summed E-state index contributed by atoms with van der Waals surface area (Å²) in [7, 11) is 0. The van der Waals surface area contributed by atoms with Crippen molar-refractivity contribution in [1.82, 2.24) is 9.55 Å². The minimum Gasteiger partial charge on any atom is -0.455 e. The van der Waals surface area contributed by atoms with E-state index in [9.17, 15) is 14.4 Å². The Hall–Kier alpha value is -3.46. The topological polar surface area (TPSA) is 67.9 Å². The van der Waals surface area contributed by atoms with Crippen molar-refractivity contribution in [1.29, 1.82) is 5.26 Å². The van der Waals surface area contributed by atoms with Crippen molar-refractivity contribution in [3.63, 3.8) is 0 Å². The molecule has 122 valence electrons. The Balaban J connectivity index is 2.02. The number of aryl methyl sites for hydroxylation is 1. The smallest absolute Gasteiger partial charge is 0.342 e. The molecule has 2 aromatic heterocycles. The molecule has 6 heteroatoms. The number of nitrogens with zero attached hydrogens (tertiary/aromatic N) is 3. The maximum Gasteiger partial charge on any atom is 0.342 e. The van der Waals surface area contributed by atoms with Gasteiger partial charge < -0.3 is 9.30 Å². The number of hydrogen-bond donors (Lipinski definition) is 0. The second kappa shape index (κ2) is 5.56. The summed E-state index contributed by atoms with van der Waals surface area (Å²) in [4.78, 5) is 16.3. The molecule has 3 heterocycles. The van der Waals surface area contributed by atoms with Crippen LogP contribution in [-0.2, 0) is 11.3 Å². The average molecular weight is 333 g/mol. The van der Waals surface area contributed by atoms with Gasteiger partial charge in [-0.15, -0.1) is 0 Å². The predicted octanol–water partition coefficient (Wildman–Crippen LogP) is 3.53. The van der Waals surface area contributed by atoms with E-state index in [1.54, 1.807) is 35.2 Å². The third-order valence-electron chi connectivity index (χ3n) is 4.24. The van der Waals surface area contributed by atoms with Gasteiger partial charge in [0.2, 0.25) is 0 Å². The van der Waals surface area contributed by atoms with Crippen LogP contribution < -0.4 is 0 Å². The maximum atomic E-state index is 13.3. The van der Waals surface area contributed by atoms with Crippen molar-refractivity contribution in [3.8, 4) is 23.0 Å². The van der Waals surface area contributed by atoms with Gasteiger partial charge in [0.25, 0.3) is 0 Å². The Morgan fingerprint density at radius 1 is 1.28 bits per heavy atom. The zero-order valence-corrected chi connectivity index (χ0v) is 13.3. The van der Waals surface area contributed by atoms with Gasteiger partial charge in [0, 0.05) is 18.0 Å². The Labute approximate surface area is 142 Å². The molecule has 1 aromatic carbocycles. The van der Waals surface area contributed by atoms with Crippen LogP contribution >= 0.6 is 0 Å². The van der Waals surface area contributed by atoms with Gasteiger partial charge in [-0.05, 0) is 42.8 Å². The average Bonchev–Trinajstić information content (AvgIpc) is 3.16. The van der Waals surface area contributed by atoms with Crippen molar-refractivity contribution in [2.45, 2.75) is 13.5 Å². The standard InChI is InChI=1S/C19H12FN3O2/c1-11-9-23(16-6-7-22-15-10-25-19(24)17(15)16)18(14(11)8-21)12-2-4-13(20)5-3-12/h2-7,9H,10H2,1H3. The highest BCUT2D eigenvalue weighted by Gasteiger charge is 2.28. The van der Waals surface area contributed by atoms with E-state index in [1.807, 2.05) is 6.92 Å². The number of cyclic esters (lactones) is 1. The molecule has 4 rings (SSSR count). The third-order valence-corrected chi connectivity index (χ3v) is 4.24. The largest absolute Gasteiger partial charge is 0.455 e. The molecule has 0 saturated heterocycles. The van der Waals surface area contributed by atoms with Gasteiger partial charge in [0.05, 0.1) is 22.6 Å². The number of fused-ring (bicyclic) bond motifs is 1. The van der Waals surface area contributed by atoms with Crippen LogP contribution in [0.3, 0.4) is 0 Å². The number of hydrogen-bond acceptors (Lipinski definition) is 4. The molecule has 3 aromatic rings. The van der Waals surface area contributed by atoms with E-state index in [2.05, 4.69) is 11.1 Å². The summed E-state index contributed by atoms with van der Waals surface area (Å²) in [5.41, 5.74) is 4.08. The molecule has 0 aliphatic carbocycles. The normalized spacial score (nSPS) is 12.6. The molecule has 1 aliphatic rings. The maximum absolute atomic E-state index is 13.3. The summed E-state index contributed by atoms with van der Waals surface area (Å²) >= 11 is 0. The van der Waals surface area contributed by atoms with Crippen LogP contribution in [0.5, 0.6) is 0 Å². The van der Waals surface area contributed by atoms with Gasteiger partial charge in [-0.1, -0.05) is 0 Å². The number of aromatic nitrogens is 2. The zero-order chi connectivity index (χ0) is 17.6. The number of nitriles is 1. The monoisotopic (exact) mass is 333 g/mol. The lowest BCUT2D eigenvalue weighted by Crippen LogP contribution is -2.05. The van der Waals surface area contributed by atoms with Gasteiger partial charge in [0.15, 0.2) is 0 Å². The molecule has 5 nitrogen and oxygen atoms in total. The van der Waals surface area contributed by atoms with Crippen LogP contribution in [0.2, 0.25) is 0 Å². The van der Waals surface area contributed by atoms with Crippen LogP contribution in [0, 0.1) is 24.1 Å². The van der Waals surface area contributed by atoms with Crippen molar-refractivity contribution >= 4 is 5.97 Å². The molecule has 0 saturated carbocycles. The van der Waals surface area contributed by atoms with E-state index in [4.69, 9.17) is 4.74 Å². The number of rotatable bonds is 2. The van der Waals surface area contributed by atoms with Gasteiger partial charge in [0.1, 0.15) is 24.1 Å².